The molecule has 2 fully saturated rings. The van der Waals surface area contributed by atoms with Crippen molar-refractivity contribution < 1.29 is 358 Å². The van der Waals surface area contributed by atoms with Crippen molar-refractivity contribution in [3.8, 4) is 0 Å². The monoisotopic (exact) mass is 1930 g/mol. The molecular weight excluding hydrogens is 1910 g/mol. The van der Waals surface area contributed by atoms with E-state index in [1.54, 1.807) is 0 Å². The van der Waals surface area contributed by atoms with Crippen LogP contribution in [0.15, 0.2) is 0 Å². The Morgan fingerprint density at radius 1 is 0.600 bits per heavy atom. The molecule has 2 rings (SSSR count). The van der Waals surface area contributed by atoms with Crippen molar-refractivity contribution in [3.63, 3.8) is 0 Å². The van der Waals surface area contributed by atoms with E-state index in [-0.39, 0.29) is 308 Å². The third-order valence-electron chi connectivity index (χ3n) is 4.04. The van der Waals surface area contributed by atoms with Gasteiger partial charge in [-0.15, -0.1) is 0 Å². The van der Waals surface area contributed by atoms with Crippen LogP contribution in [-0.4, -0.2) is 110 Å². The molecule has 2 aliphatic rings. The Balaban J connectivity index is -0.000000206. The molecular formula is C12H23Ac7NO10. The van der Waals surface area contributed by atoms with Crippen LogP contribution in [0.25, 0.3) is 0 Å². The molecule has 0 amide bonds. The molecule has 157 valence electrons. The minimum atomic E-state index is -1.69. The number of ether oxygens (including phenoxy) is 3. The molecule has 0 spiro atoms. The fourth-order valence-corrected chi connectivity index (χ4v) is 2.62. The molecule has 18 heteroatoms. The molecule has 0 aliphatic carbocycles. The third-order valence-corrected chi connectivity index (χ3v) is 4.04. The Morgan fingerprint density at radius 2 is 1.07 bits per heavy atom. The summed E-state index contributed by atoms with van der Waals surface area (Å²) in [6.45, 7) is -1.25. The topological polar surface area (TPSA) is 195 Å². The molecule has 0 bridgehead atoms. The molecule has 2 saturated heterocycles. The summed E-state index contributed by atoms with van der Waals surface area (Å²) >= 11 is 0. The van der Waals surface area contributed by atoms with Crippen molar-refractivity contribution in [3.05, 3.63) is 0 Å². The fraction of sp³-hybridized carbons (Fsp3) is 1.00. The zero-order valence-electron chi connectivity index (χ0n) is 16.2. The van der Waals surface area contributed by atoms with Gasteiger partial charge in [-0.2, -0.15) is 0 Å². The van der Waals surface area contributed by atoms with Crippen LogP contribution in [0.1, 0.15) is 0 Å². The summed E-state index contributed by atoms with van der Waals surface area (Å²) in [5, 5.41) is 67.4. The van der Waals surface area contributed by atoms with Gasteiger partial charge in [0.15, 0.2) is 6.29 Å². The van der Waals surface area contributed by atoms with Crippen LogP contribution < -0.4 is 5.73 Å². The Morgan fingerprint density at radius 3 is 1.50 bits per heavy atom. The normalized spacial score (nSPS) is 39.6. The SMILES string of the molecule is N[C@@H]1OC(CO)[C@H](O[C@@H]2OC(CO)[C@H](O)[C@H](O)C2O)[C@H](O)C1O.[Ac].[Ac].[Ac].[Ac].[Ac].[Ac].[Ac]. The number of hydrogen-bond acceptors (Lipinski definition) is 11. The molecule has 0 aromatic rings. The Hall–Kier alpha value is 9.65. The Labute approximate surface area is 425 Å². The second-order valence-corrected chi connectivity index (χ2v) is 5.60. The molecule has 30 heavy (non-hydrogen) atoms. The van der Waals surface area contributed by atoms with Crippen molar-refractivity contribution in [2.75, 3.05) is 13.2 Å². The molecule has 9 N–H and O–H groups in total. The van der Waals surface area contributed by atoms with E-state index in [0.29, 0.717) is 0 Å². The quantitative estimate of drug-likeness (QED) is 0.134. The van der Waals surface area contributed by atoms with Crippen molar-refractivity contribution >= 4 is 0 Å². The number of nitrogens with two attached hydrogens (primary N) is 1. The van der Waals surface area contributed by atoms with Gasteiger partial charge in [0.1, 0.15) is 55.1 Å². The number of aliphatic hydroxyl groups excluding tert-OH is 7. The first-order valence-corrected chi connectivity index (χ1v) is 7.15. The van der Waals surface area contributed by atoms with Crippen LogP contribution in [0.2, 0.25) is 0 Å². The van der Waals surface area contributed by atoms with Crippen LogP contribution in [-0.2, 0) is 14.2 Å². The van der Waals surface area contributed by atoms with Gasteiger partial charge < -0.3 is 55.7 Å². The summed E-state index contributed by atoms with van der Waals surface area (Å²) in [5.41, 5.74) is 5.46. The summed E-state index contributed by atoms with van der Waals surface area (Å²) in [6, 6.07) is 0. The molecule has 2 heterocycles. The predicted octanol–water partition coefficient (Wildman–Crippen LogP) is -5.43. The Kier molecular flexibility index (Phi) is 47.9. The molecule has 4 unspecified atom stereocenters. The number of aliphatic hydroxyl groups is 7. The van der Waals surface area contributed by atoms with Gasteiger partial charge in [0, 0.05) is 308 Å². The molecule has 7 radical (unpaired) electrons. The molecule has 0 saturated carbocycles. The summed E-state index contributed by atoms with van der Waals surface area (Å²) < 4.78 is 15.6. The van der Waals surface area contributed by atoms with E-state index in [9.17, 15) is 30.6 Å². The van der Waals surface area contributed by atoms with Gasteiger partial charge >= 0.3 is 0 Å². The zero-order chi connectivity index (χ0) is 17.3. The standard InChI is InChI=1S/C12H23NO10.7Ac/c13-11-8(19)7(18)10(4(2-15)21-11)23-12-9(20)6(17)5(16)3(1-14)22-12;;;;;;;/h3-12,14-20H,1-2,13H2;;;;;;;/t3?,4?,5-,6-,7+,8?,9?,10-,11+,12-;;;;;;;/m0......./s1. The Bertz CT molecular complexity index is 406. The molecule has 2 aliphatic heterocycles. The maximum atomic E-state index is 10.0. The van der Waals surface area contributed by atoms with Gasteiger partial charge in [0.2, 0.25) is 0 Å². The minimum Gasteiger partial charge on any atom is -0.394 e. The summed E-state index contributed by atoms with van der Waals surface area (Å²) in [6.07, 6.45) is -14.4. The van der Waals surface area contributed by atoms with E-state index in [4.69, 9.17) is 25.1 Å². The fourth-order valence-electron chi connectivity index (χ4n) is 2.62. The van der Waals surface area contributed by atoms with E-state index in [1.165, 1.54) is 0 Å². The second kappa shape index (κ2) is 27.5. The maximum absolute atomic E-state index is 10.0. The number of rotatable bonds is 4. The van der Waals surface area contributed by atoms with E-state index in [2.05, 4.69) is 0 Å². The number of hydrogen-bond donors (Lipinski definition) is 8. The van der Waals surface area contributed by atoms with E-state index >= 15 is 0 Å². The van der Waals surface area contributed by atoms with Crippen LogP contribution >= 0.6 is 0 Å². The second-order valence-electron chi connectivity index (χ2n) is 5.60. The summed E-state index contributed by atoms with van der Waals surface area (Å²) in [5.74, 6) is 0. The zero-order valence-corrected chi connectivity index (χ0v) is 49.4. The maximum Gasteiger partial charge on any atom is 0.187 e. The first-order chi connectivity index (χ1) is 10.8. The smallest absolute Gasteiger partial charge is 0.187 e. The van der Waals surface area contributed by atoms with Gasteiger partial charge in [-0.3, -0.25) is 0 Å². The van der Waals surface area contributed by atoms with E-state index in [1.807, 2.05) is 0 Å². The van der Waals surface area contributed by atoms with Crippen LogP contribution in [0.3, 0.4) is 0 Å². The van der Waals surface area contributed by atoms with Crippen LogP contribution in [0.5, 0.6) is 0 Å². The van der Waals surface area contributed by atoms with Crippen molar-refractivity contribution in [2.24, 2.45) is 5.73 Å². The van der Waals surface area contributed by atoms with Crippen molar-refractivity contribution in [1.29, 1.82) is 0 Å². The van der Waals surface area contributed by atoms with E-state index < -0.39 is 74.6 Å². The van der Waals surface area contributed by atoms with Gasteiger partial charge in [-0.25, -0.2) is 0 Å². The van der Waals surface area contributed by atoms with Gasteiger partial charge in [-0.05, 0) is 0 Å². The predicted molar refractivity (Wildman–Crippen MR) is 70.6 cm³/mol. The molecule has 11 nitrogen and oxygen atoms in total. The molecule has 10 atom stereocenters. The molecule has 0 aromatic heterocycles. The van der Waals surface area contributed by atoms with E-state index in [0.717, 1.165) is 0 Å². The minimum absolute atomic E-state index is 0. The first kappa shape index (κ1) is 52.3. The van der Waals surface area contributed by atoms with Crippen molar-refractivity contribution in [2.45, 2.75) is 61.3 Å². The molecule has 0 aromatic carbocycles. The van der Waals surface area contributed by atoms with Gasteiger partial charge in [-0.1, -0.05) is 0 Å². The largest absolute Gasteiger partial charge is 0.394 e. The summed E-state index contributed by atoms with van der Waals surface area (Å²) in [7, 11) is 0. The van der Waals surface area contributed by atoms with Gasteiger partial charge in [0.05, 0.1) is 13.2 Å². The average Bonchev–Trinajstić information content (AvgIpc) is 2.55. The van der Waals surface area contributed by atoms with Crippen LogP contribution in [0.4, 0.5) is 0 Å². The average molecular weight is 1930 g/mol. The summed E-state index contributed by atoms with van der Waals surface area (Å²) in [4.78, 5) is 0. The van der Waals surface area contributed by atoms with Gasteiger partial charge in [0.25, 0.3) is 0 Å². The van der Waals surface area contributed by atoms with Crippen LogP contribution in [0, 0.1) is 308 Å². The van der Waals surface area contributed by atoms with Crippen molar-refractivity contribution in [1.82, 2.24) is 0 Å². The first-order valence-electron chi connectivity index (χ1n) is 7.15. The third kappa shape index (κ3) is 15.2.